The van der Waals surface area contributed by atoms with Crippen LogP contribution in [0.5, 0.6) is 0 Å². The first-order chi connectivity index (χ1) is 9.33. The third-order valence-electron chi connectivity index (χ3n) is 3.10. The zero-order chi connectivity index (χ0) is 15.2. The molecule has 0 aromatic heterocycles. The van der Waals surface area contributed by atoms with Crippen molar-refractivity contribution in [2.45, 2.75) is 37.9 Å². The van der Waals surface area contributed by atoms with Gasteiger partial charge in [-0.15, -0.1) is 0 Å². The van der Waals surface area contributed by atoms with E-state index >= 15 is 0 Å². The Labute approximate surface area is 115 Å². The fourth-order valence-corrected chi connectivity index (χ4v) is 2.09. The molecular weight excluding hydrogens is 277 g/mol. The van der Waals surface area contributed by atoms with Gasteiger partial charge in [0.25, 0.3) is 0 Å². The number of methoxy groups -OCH3 is 1. The quantitative estimate of drug-likeness (QED) is 0.771. The van der Waals surface area contributed by atoms with Crippen LogP contribution in [0.2, 0.25) is 0 Å². The lowest BCUT2D eigenvalue weighted by Crippen LogP contribution is -2.51. The number of nitrogens with one attached hydrogen (secondary N) is 1. The molecule has 0 aromatic carbocycles. The van der Waals surface area contributed by atoms with Crippen molar-refractivity contribution >= 4 is 11.9 Å². The summed E-state index contributed by atoms with van der Waals surface area (Å²) in [6.07, 6.45) is -2.50. The van der Waals surface area contributed by atoms with E-state index in [1.165, 1.54) is 0 Å². The largest absolute Gasteiger partial charge is 0.469 e. The van der Waals surface area contributed by atoms with Crippen molar-refractivity contribution in [2.75, 3.05) is 26.7 Å². The van der Waals surface area contributed by atoms with Crippen LogP contribution in [0.1, 0.15) is 25.7 Å². The van der Waals surface area contributed by atoms with Gasteiger partial charge in [-0.05, 0) is 19.4 Å². The zero-order valence-corrected chi connectivity index (χ0v) is 11.3. The highest BCUT2D eigenvalue weighted by atomic mass is 19.4. The molecule has 1 heterocycles. The number of ether oxygens (including phenoxy) is 1. The van der Waals surface area contributed by atoms with Gasteiger partial charge in [0, 0.05) is 6.54 Å². The van der Waals surface area contributed by atoms with E-state index in [1.54, 1.807) is 0 Å². The van der Waals surface area contributed by atoms with Crippen LogP contribution in [0.25, 0.3) is 0 Å². The topological polar surface area (TPSA) is 58.6 Å². The molecule has 0 aromatic rings. The smallest absolute Gasteiger partial charge is 0.406 e. The summed E-state index contributed by atoms with van der Waals surface area (Å²) in [5.74, 6) is -1.24. The van der Waals surface area contributed by atoms with Gasteiger partial charge in [0.15, 0.2) is 0 Å². The molecule has 1 amide bonds. The SMILES string of the molecule is COC(=O)CCN(CC(F)(F)F)C(=O)[C@@H]1CCCCN1. The van der Waals surface area contributed by atoms with Crippen molar-refractivity contribution in [3.63, 3.8) is 0 Å². The van der Waals surface area contributed by atoms with Gasteiger partial charge < -0.3 is 15.0 Å². The minimum Gasteiger partial charge on any atom is -0.469 e. The molecule has 20 heavy (non-hydrogen) atoms. The Hall–Kier alpha value is -1.31. The molecule has 1 saturated heterocycles. The van der Waals surface area contributed by atoms with Crippen molar-refractivity contribution in [3.05, 3.63) is 0 Å². The molecule has 0 bridgehead atoms. The number of nitrogens with zero attached hydrogens (tertiary/aromatic N) is 1. The summed E-state index contributed by atoms with van der Waals surface area (Å²) in [7, 11) is 1.15. The van der Waals surface area contributed by atoms with E-state index in [2.05, 4.69) is 10.1 Å². The molecule has 0 radical (unpaired) electrons. The normalized spacial score (nSPS) is 19.5. The minimum atomic E-state index is -4.49. The monoisotopic (exact) mass is 296 g/mol. The van der Waals surface area contributed by atoms with Crippen LogP contribution in [-0.4, -0.2) is 55.7 Å². The number of carbonyl (C=O) groups is 2. The molecule has 8 heteroatoms. The number of alkyl halides is 3. The molecule has 1 aliphatic rings. The predicted molar refractivity (Wildman–Crippen MR) is 64.9 cm³/mol. The molecule has 116 valence electrons. The van der Waals surface area contributed by atoms with E-state index in [-0.39, 0.29) is 13.0 Å². The maximum Gasteiger partial charge on any atom is 0.406 e. The first-order valence-electron chi connectivity index (χ1n) is 6.49. The Morgan fingerprint density at radius 1 is 1.35 bits per heavy atom. The molecule has 1 aliphatic heterocycles. The Morgan fingerprint density at radius 2 is 2.05 bits per heavy atom. The van der Waals surface area contributed by atoms with Crippen molar-refractivity contribution in [1.29, 1.82) is 0 Å². The summed E-state index contributed by atoms with van der Waals surface area (Å²) in [5, 5.41) is 2.91. The number of hydrogen-bond acceptors (Lipinski definition) is 4. The van der Waals surface area contributed by atoms with E-state index in [0.29, 0.717) is 17.9 Å². The molecule has 5 nitrogen and oxygen atoms in total. The number of carbonyl (C=O) groups excluding carboxylic acids is 2. The Morgan fingerprint density at radius 3 is 2.55 bits per heavy atom. The highest BCUT2D eigenvalue weighted by molar-refractivity contribution is 5.82. The number of rotatable bonds is 5. The fourth-order valence-electron chi connectivity index (χ4n) is 2.09. The van der Waals surface area contributed by atoms with Crippen LogP contribution in [0.4, 0.5) is 13.2 Å². The third kappa shape index (κ3) is 5.77. The molecule has 0 aliphatic carbocycles. The average molecular weight is 296 g/mol. The van der Waals surface area contributed by atoms with Gasteiger partial charge in [-0.3, -0.25) is 9.59 Å². The maximum absolute atomic E-state index is 12.5. The Balaban J connectivity index is 2.64. The lowest BCUT2D eigenvalue weighted by Gasteiger charge is -2.30. The van der Waals surface area contributed by atoms with Crippen LogP contribution in [0.15, 0.2) is 0 Å². The minimum absolute atomic E-state index is 0.245. The first kappa shape index (κ1) is 16.7. The lowest BCUT2D eigenvalue weighted by molar-refractivity contribution is -0.164. The molecule has 1 rings (SSSR count). The van der Waals surface area contributed by atoms with Crippen molar-refractivity contribution in [2.24, 2.45) is 0 Å². The van der Waals surface area contributed by atoms with Crippen LogP contribution in [-0.2, 0) is 14.3 Å². The second-order valence-electron chi connectivity index (χ2n) is 4.70. The molecular formula is C12H19F3N2O3. The second-order valence-corrected chi connectivity index (χ2v) is 4.70. The van der Waals surface area contributed by atoms with Gasteiger partial charge >= 0.3 is 12.1 Å². The number of esters is 1. The van der Waals surface area contributed by atoms with E-state index in [9.17, 15) is 22.8 Å². The van der Waals surface area contributed by atoms with Gasteiger partial charge in [0.2, 0.25) is 5.91 Å². The lowest BCUT2D eigenvalue weighted by atomic mass is 10.0. The van der Waals surface area contributed by atoms with Crippen molar-refractivity contribution in [3.8, 4) is 0 Å². The summed E-state index contributed by atoms with van der Waals surface area (Å²) in [6, 6.07) is -0.594. The van der Waals surface area contributed by atoms with Gasteiger partial charge in [0.05, 0.1) is 19.6 Å². The van der Waals surface area contributed by atoms with E-state index < -0.39 is 30.6 Å². The molecule has 0 spiro atoms. The van der Waals surface area contributed by atoms with Crippen LogP contribution >= 0.6 is 0 Å². The summed E-state index contributed by atoms with van der Waals surface area (Å²) >= 11 is 0. The van der Waals surface area contributed by atoms with Gasteiger partial charge in [-0.25, -0.2) is 0 Å². The maximum atomic E-state index is 12.5. The number of piperidine rings is 1. The third-order valence-corrected chi connectivity index (χ3v) is 3.10. The number of hydrogen-bond donors (Lipinski definition) is 1. The molecule has 1 N–H and O–H groups in total. The fraction of sp³-hybridized carbons (Fsp3) is 0.833. The van der Waals surface area contributed by atoms with E-state index in [4.69, 9.17) is 0 Å². The highest BCUT2D eigenvalue weighted by Crippen LogP contribution is 2.19. The van der Waals surface area contributed by atoms with Gasteiger partial charge in [-0.1, -0.05) is 6.42 Å². The first-order valence-corrected chi connectivity index (χ1v) is 6.49. The number of amides is 1. The van der Waals surface area contributed by atoms with Crippen LogP contribution in [0.3, 0.4) is 0 Å². The second kappa shape index (κ2) is 7.47. The van der Waals surface area contributed by atoms with Gasteiger partial charge in [-0.2, -0.15) is 13.2 Å². The molecule has 1 fully saturated rings. The highest BCUT2D eigenvalue weighted by Gasteiger charge is 2.35. The molecule has 0 saturated carbocycles. The standard InChI is InChI=1S/C12H19F3N2O3/c1-20-10(18)5-7-17(8-12(13,14)15)11(19)9-4-2-3-6-16-9/h9,16H,2-8H2,1H3/t9-/m0/s1. The average Bonchev–Trinajstić information content (AvgIpc) is 2.42. The van der Waals surface area contributed by atoms with Crippen molar-refractivity contribution < 1.29 is 27.5 Å². The summed E-state index contributed by atoms with van der Waals surface area (Å²) in [6.45, 7) is -1.02. The Kier molecular flexibility index (Phi) is 6.25. The van der Waals surface area contributed by atoms with E-state index in [0.717, 1.165) is 20.0 Å². The van der Waals surface area contributed by atoms with Crippen LogP contribution in [0, 0.1) is 0 Å². The van der Waals surface area contributed by atoms with Crippen LogP contribution < -0.4 is 5.32 Å². The van der Waals surface area contributed by atoms with Crippen molar-refractivity contribution in [1.82, 2.24) is 10.2 Å². The summed E-state index contributed by atoms with van der Waals surface area (Å²) in [5.41, 5.74) is 0. The summed E-state index contributed by atoms with van der Waals surface area (Å²) < 4.78 is 41.9. The number of halogens is 3. The zero-order valence-electron chi connectivity index (χ0n) is 11.3. The summed E-state index contributed by atoms with van der Waals surface area (Å²) in [4.78, 5) is 23.8. The molecule has 1 atom stereocenters. The predicted octanol–water partition coefficient (Wildman–Crippen LogP) is 1.08. The van der Waals surface area contributed by atoms with Gasteiger partial charge in [0.1, 0.15) is 6.54 Å². The van der Waals surface area contributed by atoms with E-state index in [1.807, 2.05) is 0 Å². The molecule has 0 unspecified atom stereocenters. The Bertz CT molecular complexity index is 341.